The van der Waals surface area contributed by atoms with E-state index in [1.807, 2.05) is 31.2 Å². The molecule has 0 saturated carbocycles. The van der Waals surface area contributed by atoms with E-state index in [9.17, 15) is 9.59 Å². The predicted molar refractivity (Wildman–Crippen MR) is 107 cm³/mol. The number of fused-ring (bicyclic) bond motifs is 1. The fourth-order valence-electron chi connectivity index (χ4n) is 3.41. The van der Waals surface area contributed by atoms with E-state index < -0.39 is 5.92 Å². The van der Waals surface area contributed by atoms with Crippen molar-refractivity contribution in [1.82, 2.24) is 9.78 Å². The molecule has 0 aliphatic carbocycles. The molecule has 0 saturated heterocycles. The van der Waals surface area contributed by atoms with Crippen LogP contribution in [0.15, 0.2) is 36.4 Å². The summed E-state index contributed by atoms with van der Waals surface area (Å²) in [4.78, 5) is 27.4. The number of aryl methyl sites for hydroxylation is 2. The van der Waals surface area contributed by atoms with Gasteiger partial charge in [0.05, 0.1) is 22.2 Å². The van der Waals surface area contributed by atoms with E-state index in [2.05, 4.69) is 17.3 Å². The van der Waals surface area contributed by atoms with Crippen LogP contribution in [0.3, 0.4) is 0 Å². The first-order valence-electron chi connectivity index (χ1n) is 8.76. The Balaban J connectivity index is 1.79. The number of aromatic nitrogens is 2. The first-order valence-corrected chi connectivity index (χ1v) is 9.95. The molecule has 7 heteroatoms. The molecule has 1 aliphatic heterocycles. The molecule has 4 rings (SSSR count). The number of halogens is 1. The van der Waals surface area contributed by atoms with E-state index in [0.29, 0.717) is 15.7 Å². The van der Waals surface area contributed by atoms with Gasteiger partial charge in [0, 0.05) is 21.9 Å². The Kier molecular flexibility index (Phi) is 4.61. The molecule has 0 radical (unpaired) electrons. The number of ketones is 1. The highest BCUT2D eigenvalue weighted by molar-refractivity contribution is 7.14. The lowest BCUT2D eigenvalue weighted by Crippen LogP contribution is -2.28. The predicted octanol–water partition coefficient (Wildman–Crippen LogP) is 4.77. The van der Waals surface area contributed by atoms with Crippen molar-refractivity contribution in [3.63, 3.8) is 0 Å². The monoisotopic (exact) mass is 399 g/mol. The van der Waals surface area contributed by atoms with Gasteiger partial charge in [0.2, 0.25) is 5.91 Å². The van der Waals surface area contributed by atoms with Crippen molar-refractivity contribution in [3.8, 4) is 5.69 Å². The van der Waals surface area contributed by atoms with Gasteiger partial charge >= 0.3 is 0 Å². The number of anilines is 1. The molecule has 2 aromatic heterocycles. The maximum absolute atomic E-state index is 13.2. The highest BCUT2D eigenvalue weighted by Crippen LogP contribution is 2.39. The Morgan fingerprint density at radius 3 is 2.70 bits per heavy atom. The third kappa shape index (κ3) is 3.19. The van der Waals surface area contributed by atoms with Gasteiger partial charge in [0.1, 0.15) is 5.82 Å². The smallest absolute Gasteiger partial charge is 0.226 e. The number of carbonyl (C=O) groups excluding carboxylic acids is 2. The van der Waals surface area contributed by atoms with Crippen LogP contribution < -0.4 is 5.32 Å². The summed E-state index contributed by atoms with van der Waals surface area (Å²) in [6.07, 6.45) is 1.03. The van der Waals surface area contributed by atoms with E-state index in [4.69, 9.17) is 11.6 Å². The minimum Gasteiger partial charge on any atom is -0.310 e. The second-order valence-electron chi connectivity index (χ2n) is 6.52. The van der Waals surface area contributed by atoms with E-state index in [1.165, 1.54) is 11.3 Å². The van der Waals surface area contributed by atoms with Gasteiger partial charge in [-0.1, -0.05) is 18.5 Å². The number of rotatable bonds is 4. The molecule has 0 bridgehead atoms. The SMILES string of the molecule is CCc1ccc(C(=O)[C@@H]2CC(=O)Nc3c2c(C)nn3-c2ccc(Cl)cc2)s1. The summed E-state index contributed by atoms with van der Waals surface area (Å²) in [5.74, 6) is -0.146. The van der Waals surface area contributed by atoms with Crippen LogP contribution in [0.4, 0.5) is 5.82 Å². The second-order valence-corrected chi connectivity index (χ2v) is 8.13. The molecule has 1 aromatic carbocycles. The van der Waals surface area contributed by atoms with Crippen molar-refractivity contribution in [2.75, 3.05) is 5.32 Å². The number of carbonyl (C=O) groups is 2. The summed E-state index contributed by atoms with van der Waals surface area (Å²) in [5.41, 5.74) is 2.31. The van der Waals surface area contributed by atoms with Gasteiger partial charge in [-0.2, -0.15) is 5.10 Å². The molecule has 0 fully saturated rings. The number of nitrogens with zero attached hydrogens (tertiary/aromatic N) is 2. The van der Waals surface area contributed by atoms with Crippen LogP contribution in [-0.2, 0) is 11.2 Å². The topological polar surface area (TPSA) is 64.0 Å². The third-order valence-electron chi connectivity index (χ3n) is 4.74. The number of Topliss-reactive ketones (excluding diaryl/α,β-unsaturated/α-hetero) is 1. The average molecular weight is 400 g/mol. The number of nitrogens with one attached hydrogen (secondary N) is 1. The highest BCUT2D eigenvalue weighted by atomic mass is 35.5. The van der Waals surface area contributed by atoms with Gasteiger partial charge in [0.25, 0.3) is 0 Å². The molecule has 1 amide bonds. The first-order chi connectivity index (χ1) is 13.0. The van der Waals surface area contributed by atoms with Crippen LogP contribution in [-0.4, -0.2) is 21.5 Å². The average Bonchev–Trinajstić information content (AvgIpc) is 3.26. The van der Waals surface area contributed by atoms with Crippen LogP contribution in [0.1, 0.15) is 45.1 Å². The maximum atomic E-state index is 13.2. The van der Waals surface area contributed by atoms with Crippen molar-refractivity contribution in [3.05, 3.63) is 62.4 Å². The largest absolute Gasteiger partial charge is 0.310 e. The molecule has 5 nitrogen and oxygen atoms in total. The van der Waals surface area contributed by atoms with Crippen molar-refractivity contribution in [2.45, 2.75) is 32.6 Å². The highest BCUT2D eigenvalue weighted by Gasteiger charge is 2.36. The lowest BCUT2D eigenvalue weighted by atomic mass is 9.87. The van der Waals surface area contributed by atoms with Gasteiger partial charge in [0.15, 0.2) is 5.78 Å². The van der Waals surface area contributed by atoms with Gasteiger partial charge < -0.3 is 5.32 Å². The zero-order chi connectivity index (χ0) is 19.1. The van der Waals surface area contributed by atoms with Gasteiger partial charge in [-0.3, -0.25) is 9.59 Å². The van der Waals surface area contributed by atoms with Gasteiger partial charge in [-0.05, 0) is 49.7 Å². The van der Waals surface area contributed by atoms with E-state index in [0.717, 1.165) is 28.2 Å². The Hall–Kier alpha value is -2.44. The second kappa shape index (κ2) is 6.94. The van der Waals surface area contributed by atoms with Crippen molar-refractivity contribution >= 4 is 40.4 Å². The Morgan fingerprint density at radius 1 is 1.30 bits per heavy atom. The molecular weight excluding hydrogens is 382 g/mol. The number of hydrogen-bond donors (Lipinski definition) is 1. The minimum absolute atomic E-state index is 0.0189. The number of benzene rings is 1. The minimum atomic E-state index is -0.516. The number of hydrogen-bond acceptors (Lipinski definition) is 4. The molecule has 0 spiro atoms. The molecule has 0 unspecified atom stereocenters. The Bertz CT molecular complexity index is 1040. The van der Waals surface area contributed by atoms with Crippen LogP contribution in [0, 0.1) is 6.92 Å². The van der Waals surface area contributed by atoms with Gasteiger partial charge in [-0.15, -0.1) is 11.3 Å². The summed E-state index contributed by atoms with van der Waals surface area (Å²) in [6.45, 7) is 3.93. The quantitative estimate of drug-likeness (QED) is 0.643. The molecule has 3 aromatic rings. The van der Waals surface area contributed by atoms with E-state index in [1.54, 1.807) is 16.8 Å². The van der Waals surface area contributed by atoms with E-state index in [-0.39, 0.29) is 18.1 Å². The summed E-state index contributed by atoms with van der Waals surface area (Å²) in [5, 5.41) is 8.10. The Morgan fingerprint density at radius 2 is 2.04 bits per heavy atom. The molecule has 1 atom stereocenters. The molecule has 138 valence electrons. The molecular formula is C20H18ClN3O2S. The van der Waals surface area contributed by atoms with E-state index >= 15 is 0 Å². The third-order valence-corrected chi connectivity index (χ3v) is 6.24. The fraction of sp³-hybridized carbons (Fsp3) is 0.250. The normalized spacial score (nSPS) is 16.1. The van der Waals surface area contributed by atoms with Crippen molar-refractivity contribution in [2.24, 2.45) is 0 Å². The summed E-state index contributed by atoms with van der Waals surface area (Å²) in [6, 6.07) is 11.0. The summed E-state index contributed by atoms with van der Waals surface area (Å²) < 4.78 is 1.67. The number of thiophene rings is 1. The maximum Gasteiger partial charge on any atom is 0.226 e. The molecule has 3 heterocycles. The van der Waals surface area contributed by atoms with Crippen LogP contribution >= 0.6 is 22.9 Å². The lowest BCUT2D eigenvalue weighted by Gasteiger charge is -2.22. The first kappa shape index (κ1) is 17.9. The van der Waals surface area contributed by atoms with Crippen molar-refractivity contribution < 1.29 is 9.59 Å². The summed E-state index contributed by atoms with van der Waals surface area (Å²) >= 11 is 7.47. The zero-order valence-corrected chi connectivity index (χ0v) is 16.5. The standard InChI is InChI=1S/C20H18ClN3O2S/c1-3-14-8-9-16(27-14)19(26)15-10-17(25)22-20-18(15)11(2)23-24(20)13-6-4-12(21)5-7-13/h4-9,15H,3,10H2,1-2H3,(H,22,25)/t15-/m1/s1. The zero-order valence-electron chi connectivity index (χ0n) is 15.0. The molecule has 1 N–H and O–H groups in total. The van der Waals surface area contributed by atoms with Crippen LogP contribution in [0.2, 0.25) is 5.02 Å². The fourth-order valence-corrected chi connectivity index (χ4v) is 4.48. The van der Waals surface area contributed by atoms with Crippen LogP contribution in [0.25, 0.3) is 5.69 Å². The molecule has 1 aliphatic rings. The summed E-state index contributed by atoms with van der Waals surface area (Å²) in [7, 11) is 0. The number of amides is 1. The lowest BCUT2D eigenvalue weighted by molar-refractivity contribution is -0.116. The van der Waals surface area contributed by atoms with Crippen LogP contribution in [0.5, 0.6) is 0 Å². The van der Waals surface area contributed by atoms with Crippen molar-refractivity contribution in [1.29, 1.82) is 0 Å². The van der Waals surface area contributed by atoms with Gasteiger partial charge in [-0.25, -0.2) is 4.68 Å². The Labute approximate surface area is 166 Å². The molecule has 27 heavy (non-hydrogen) atoms.